The monoisotopic (exact) mass is 232 g/mol. The maximum atomic E-state index is 10.4. The summed E-state index contributed by atoms with van der Waals surface area (Å²) in [7, 11) is 0. The number of rotatable bonds is 5. The highest BCUT2D eigenvalue weighted by atomic mass is 16.4. The third-order valence-corrected chi connectivity index (χ3v) is 2.94. The molecule has 2 aromatic rings. The topological polar surface area (TPSA) is 83.6 Å². The van der Waals surface area contributed by atoms with E-state index in [1.807, 2.05) is 24.4 Å². The van der Waals surface area contributed by atoms with E-state index in [-0.39, 0.29) is 12.5 Å². The molecule has 4 nitrogen and oxygen atoms in total. The maximum absolute atomic E-state index is 10.4. The molecule has 1 aromatic carbocycles. The summed E-state index contributed by atoms with van der Waals surface area (Å²) in [5, 5.41) is 11.6. The summed E-state index contributed by atoms with van der Waals surface area (Å²) in [4.78, 5) is 13.6. The van der Waals surface area contributed by atoms with Gasteiger partial charge >= 0.3 is 0 Å². The van der Waals surface area contributed by atoms with Crippen LogP contribution in [0.4, 0.5) is 0 Å². The number of carboxylic acids is 1. The van der Waals surface area contributed by atoms with Crippen molar-refractivity contribution in [2.45, 2.75) is 25.3 Å². The van der Waals surface area contributed by atoms with Crippen molar-refractivity contribution in [2.75, 3.05) is 0 Å². The number of aliphatic carboxylic acids is 1. The average Bonchev–Trinajstić information content (AvgIpc) is 2.70. The van der Waals surface area contributed by atoms with Gasteiger partial charge in [0, 0.05) is 35.9 Å². The lowest BCUT2D eigenvalue weighted by atomic mass is 10.0. The highest BCUT2D eigenvalue weighted by Gasteiger charge is 2.11. The van der Waals surface area contributed by atoms with Crippen LogP contribution in [0.1, 0.15) is 18.4 Å². The van der Waals surface area contributed by atoms with Gasteiger partial charge in [-0.15, -0.1) is 0 Å². The number of hydrogen-bond donors (Lipinski definition) is 2. The first kappa shape index (κ1) is 11.7. The molecule has 1 atom stereocenters. The molecule has 0 aliphatic rings. The lowest BCUT2D eigenvalue weighted by Crippen LogP contribution is -2.62. The van der Waals surface area contributed by atoms with Gasteiger partial charge in [0.2, 0.25) is 0 Å². The molecule has 0 bridgehead atoms. The number of nitrogens with one attached hydrogen (secondary N) is 1. The predicted octanol–water partition coefficient (Wildman–Crippen LogP) is -0.149. The zero-order chi connectivity index (χ0) is 12.3. The number of carbonyl (C=O) groups is 1. The van der Waals surface area contributed by atoms with Gasteiger partial charge in [0.15, 0.2) is 0 Å². The largest absolute Gasteiger partial charge is 0.550 e. The number of carbonyl (C=O) groups excluding carboxylic acids is 1. The predicted molar refractivity (Wildman–Crippen MR) is 62.9 cm³/mol. The van der Waals surface area contributed by atoms with Gasteiger partial charge in [0.1, 0.15) is 0 Å². The number of aromatic nitrogens is 1. The smallest absolute Gasteiger partial charge is 0.0888 e. The summed E-state index contributed by atoms with van der Waals surface area (Å²) in [5.74, 6) is -1.00. The molecule has 0 saturated carbocycles. The molecule has 0 radical (unpaired) electrons. The summed E-state index contributed by atoms with van der Waals surface area (Å²) >= 11 is 0. The number of hydrogen-bond acceptors (Lipinski definition) is 2. The molecule has 0 aliphatic heterocycles. The Hall–Kier alpha value is -1.81. The van der Waals surface area contributed by atoms with Crippen molar-refractivity contribution in [1.82, 2.24) is 4.98 Å². The first-order valence-electron chi connectivity index (χ1n) is 5.74. The first-order chi connectivity index (χ1) is 8.16. The lowest BCUT2D eigenvalue weighted by molar-refractivity contribution is -0.421. The number of carboxylic acid groups (broad SMARTS) is 1. The van der Waals surface area contributed by atoms with E-state index < -0.39 is 5.97 Å². The molecule has 0 spiro atoms. The second kappa shape index (κ2) is 5.01. The van der Waals surface area contributed by atoms with Crippen molar-refractivity contribution in [3.63, 3.8) is 0 Å². The second-order valence-corrected chi connectivity index (χ2v) is 4.34. The van der Waals surface area contributed by atoms with E-state index in [9.17, 15) is 9.90 Å². The number of H-pyrrole nitrogens is 1. The van der Waals surface area contributed by atoms with Gasteiger partial charge in [0.05, 0.1) is 6.04 Å². The zero-order valence-corrected chi connectivity index (χ0v) is 9.61. The minimum absolute atomic E-state index is 0.0799. The van der Waals surface area contributed by atoms with Crippen molar-refractivity contribution >= 4 is 16.9 Å². The van der Waals surface area contributed by atoms with E-state index in [1.165, 1.54) is 10.9 Å². The standard InChI is InChI=1S/C13H16N2O2/c14-10(5-6-13(16)17)7-9-8-15-12-4-2-1-3-11(9)12/h1-4,8,10,15H,5-7,14H2,(H,16,17)/t10-/m1/s1. The highest BCUT2D eigenvalue weighted by Crippen LogP contribution is 2.19. The molecule has 90 valence electrons. The second-order valence-electron chi connectivity index (χ2n) is 4.34. The number of benzene rings is 1. The van der Waals surface area contributed by atoms with E-state index in [4.69, 9.17) is 0 Å². The van der Waals surface area contributed by atoms with Crippen LogP contribution < -0.4 is 10.8 Å². The molecule has 17 heavy (non-hydrogen) atoms. The van der Waals surface area contributed by atoms with Crippen molar-refractivity contribution in [2.24, 2.45) is 0 Å². The Kier molecular flexibility index (Phi) is 3.44. The molecule has 0 saturated heterocycles. The van der Waals surface area contributed by atoms with Gasteiger partial charge in [-0.3, -0.25) is 0 Å². The third-order valence-electron chi connectivity index (χ3n) is 2.94. The van der Waals surface area contributed by atoms with Gasteiger partial charge in [-0.05, 0) is 18.1 Å². The molecular weight excluding hydrogens is 216 g/mol. The summed E-state index contributed by atoms with van der Waals surface area (Å²) < 4.78 is 0. The van der Waals surface area contributed by atoms with Crippen LogP contribution in [0.3, 0.4) is 0 Å². The Labute approximate surface area is 99.4 Å². The van der Waals surface area contributed by atoms with Crippen LogP contribution in [-0.2, 0) is 11.2 Å². The number of quaternary nitrogens is 1. The maximum Gasteiger partial charge on any atom is 0.0888 e. The molecule has 0 aliphatic carbocycles. The first-order valence-corrected chi connectivity index (χ1v) is 5.74. The molecule has 0 unspecified atom stereocenters. The van der Waals surface area contributed by atoms with Crippen molar-refractivity contribution in [3.05, 3.63) is 36.0 Å². The average molecular weight is 232 g/mol. The fourth-order valence-corrected chi connectivity index (χ4v) is 2.04. The normalized spacial score (nSPS) is 12.8. The van der Waals surface area contributed by atoms with Crippen molar-refractivity contribution < 1.29 is 15.6 Å². The Morgan fingerprint density at radius 2 is 2.18 bits per heavy atom. The minimum Gasteiger partial charge on any atom is -0.550 e. The third kappa shape index (κ3) is 2.85. The van der Waals surface area contributed by atoms with Gasteiger partial charge in [-0.2, -0.15) is 0 Å². The Morgan fingerprint density at radius 1 is 1.41 bits per heavy atom. The van der Waals surface area contributed by atoms with Crippen LogP contribution in [0.5, 0.6) is 0 Å². The molecule has 0 fully saturated rings. The minimum atomic E-state index is -1.00. The van der Waals surface area contributed by atoms with E-state index in [2.05, 4.69) is 16.8 Å². The van der Waals surface area contributed by atoms with Crippen molar-refractivity contribution in [1.29, 1.82) is 0 Å². The van der Waals surface area contributed by atoms with E-state index >= 15 is 0 Å². The molecular formula is C13H16N2O2. The number of fused-ring (bicyclic) bond motifs is 1. The quantitative estimate of drug-likeness (QED) is 0.751. The van der Waals surface area contributed by atoms with Crippen molar-refractivity contribution in [3.8, 4) is 0 Å². The Morgan fingerprint density at radius 3 is 2.94 bits per heavy atom. The van der Waals surface area contributed by atoms with E-state index in [1.54, 1.807) is 0 Å². The molecule has 1 aromatic heterocycles. The summed E-state index contributed by atoms with van der Waals surface area (Å²) in [6.07, 6.45) is 3.40. The number of para-hydroxylation sites is 1. The van der Waals surface area contributed by atoms with E-state index in [0.29, 0.717) is 6.42 Å². The number of aromatic amines is 1. The van der Waals surface area contributed by atoms with Crippen LogP contribution in [-0.4, -0.2) is 17.0 Å². The van der Waals surface area contributed by atoms with E-state index in [0.717, 1.165) is 11.9 Å². The fraction of sp³-hybridized carbons (Fsp3) is 0.308. The lowest BCUT2D eigenvalue weighted by Gasteiger charge is -2.08. The Bertz CT molecular complexity index is 519. The van der Waals surface area contributed by atoms with Gasteiger partial charge < -0.3 is 20.6 Å². The molecule has 4 heteroatoms. The summed E-state index contributed by atoms with van der Waals surface area (Å²) in [5.41, 5.74) is 6.29. The SMILES string of the molecule is [NH3+][C@H](CCC(=O)[O-])Cc1c[nH]c2ccccc12. The summed E-state index contributed by atoms with van der Waals surface area (Å²) in [6.45, 7) is 0. The molecule has 0 amide bonds. The van der Waals surface area contributed by atoms with Gasteiger partial charge in [-0.1, -0.05) is 18.2 Å². The molecule has 4 N–H and O–H groups in total. The van der Waals surface area contributed by atoms with Gasteiger partial charge in [0.25, 0.3) is 0 Å². The van der Waals surface area contributed by atoms with Gasteiger partial charge in [-0.25, -0.2) is 0 Å². The van der Waals surface area contributed by atoms with Crippen LogP contribution in [0.2, 0.25) is 0 Å². The van der Waals surface area contributed by atoms with Crippen LogP contribution >= 0.6 is 0 Å². The fourth-order valence-electron chi connectivity index (χ4n) is 2.04. The molecule has 2 rings (SSSR count). The van der Waals surface area contributed by atoms with Crippen LogP contribution in [0, 0.1) is 0 Å². The molecule has 1 heterocycles. The Balaban J connectivity index is 2.05. The van der Waals surface area contributed by atoms with Crippen LogP contribution in [0.25, 0.3) is 10.9 Å². The zero-order valence-electron chi connectivity index (χ0n) is 9.61. The highest BCUT2D eigenvalue weighted by molar-refractivity contribution is 5.83. The summed E-state index contributed by atoms with van der Waals surface area (Å²) in [6, 6.07) is 8.18. The van der Waals surface area contributed by atoms with Crippen LogP contribution in [0.15, 0.2) is 30.5 Å².